The van der Waals surface area contributed by atoms with E-state index in [1.807, 2.05) is 19.2 Å². The first-order valence-corrected chi connectivity index (χ1v) is 5.95. The van der Waals surface area contributed by atoms with Crippen LogP contribution in [0, 0.1) is 18.3 Å². The van der Waals surface area contributed by atoms with E-state index < -0.39 is 0 Å². The topological polar surface area (TPSA) is 43.2 Å². The fraction of sp³-hybridized carbons (Fsp3) is 0.538. The maximum Gasteiger partial charge on any atom is 0.125 e. The number of nitrogens with zero attached hydrogens (tertiary/aromatic N) is 4. The van der Waals surface area contributed by atoms with E-state index in [0.29, 0.717) is 0 Å². The highest BCUT2D eigenvalue weighted by molar-refractivity contribution is 5.29. The number of rotatable bonds is 2. The van der Waals surface area contributed by atoms with E-state index in [4.69, 9.17) is 0 Å². The zero-order valence-corrected chi connectivity index (χ0v) is 10.4. The quantitative estimate of drug-likeness (QED) is 0.765. The van der Waals surface area contributed by atoms with Crippen LogP contribution in [0.25, 0.3) is 0 Å². The summed E-state index contributed by atoms with van der Waals surface area (Å²) in [6, 6.07) is 4.22. The van der Waals surface area contributed by atoms with Gasteiger partial charge in [0.2, 0.25) is 0 Å². The number of likely N-dealkylation sites (N-methyl/N-ethyl adjacent to an activating group) is 1. The standard InChI is InChI=1S/C13H18N4/c1-11-3-4-15-10-12(11)13(9-14)17-7-5-16(2)6-8-17/h3-4,10,13H,5-8H2,1-2H3. The normalized spacial score (nSPS) is 19.8. The minimum absolute atomic E-state index is 0.155. The van der Waals surface area contributed by atoms with Crippen molar-refractivity contribution in [3.8, 4) is 6.07 Å². The second-order valence-electron chi connectivity index (χ2n) is 4.60. The van der Waals surface area contributed by atoms with E-state index in [-0.39, 0.29) is 6.04 Å². The number of aromatic nitrogens is 1. The molecule has 0 spiro atoms. The van der Waals surface area contributed by atoms with Gasteiger partial charge in [0.1, 0.15) is 6.04 Å². The lowest BCUT2D eigenvalue weighted by atomic mass is 10.0. The molecule has 1 aromatic rings. The number of hydrogen-bond acceptors (Lipinski definition) is 4. The van der Waals surface area contributed by atoms with Gasteiger partial charge in [-0.2, -0.15) is 5.26 Å². The second-order valence-corrected chi connectivity index (χ2v) is 4.60. The minimum atomic E-state index is -0.155. The van der Waals surface area contributed by atoms with Crippen LogP contribution < -0.4 is 0 Å². The summed E-state index contributed by atoms with van der Waals surface area (Å²) < 4.78 is 0. The van der Waals surface area contributed by atoms with Crippen molar-refractivity contribution in [1.82, 2.24) is 14.8 Å². The monoisotopic (exact) mass is 230 g/mol. The molecule has 0 bridgehead atoms. The molecule has 0 amide bonds. The lowest BCUT2D eigenvalue weighted by Gasteiger charge is -2.35. The third kappa shape index (κ3) is 2.63. The van der Waals surface area contributed by atoms with Gasteiger partial charge in [0.05, 0.1) is 6.07 Å². The third-order valence-corrected chi connectivity index (χ3v) is 3.40. The highest BCUT2D eigenvalue weighted by Crippen LogP contribution is 2.23. The highest BCUT2D eigenvalue weighted by Gasteiger charge is 2.24. The summed E-state index contributed by atoms with van der Waals surface area (Å²) in [4.78, 5) is 8.67. The highest BCUT2D eigenvalue weighted by atomic mass is 15.3. The van der Waals surface area contributed by atoms with Gasteiger partial charge in [0.25, 0.3) is 0 Å². The Balaban J connectivity index is 2.18. The van der Waals surface area contributed by atoms with E-state index in [1.165, 1.54) is 0 Å². The molecule has 0 radical (unpaired) electrons. The molecule has 2 heterocycles. The Morgan fingerprint density at radius 1 is 1.35 bits per heavy atom. The minimum Gasteiger partial charge on any atom is -0.304 e. The zero-order valence-electron chi connectivity index (χ0n) is 10.4. The Bertz CT molecular complexity index is 416. The predicted molar refractivity (Wildman–Crippen MR) is 66.4 cm³/mol. The Morgan fingerprint density at radius 3 is 2.65 bits per heavy atom. The van der Waals surface area contributed by atoms with Crippen molar-refractivity contribution >= 4 is 0 Å². The number of hydrogen-bond donors (Lipinski definition) is 0. The second kappa shape index (κ2) is 5.26. The largest absolute Gasteiger partial charge is 0.304 e. The molecule has 0 aliphatic carbocycles. The van der Waals surface area contributed by atoms with Crippen LogP contribution in [0.4, 0.5) is 0 Å². The fourth-order valence-corrected chi connectivity index (χ4v) is 2.19. The molecule has 1 aliphatic heterocycles. The molecular formula is C13H18N4. The average molecular weight is 230 g/mol. The average Bonchev–Trinajstić information content (AvgIpc) is 2.35. The Labute approximate surface area is 102 Å². The summed E-state index contributed by atoms with van der Waals surface area (Å²) in [5.41, 5.74) is 2.19. The van der Waals surface area contributed by atoms with Gasteiger partial charge in [0.15, 0.2) is 0 Å². The smallest absolute Gasteiger partial charge is 0.125 e. The van der Waals surface area contributed by atoms with Crippen LogP contribution in [0.5, 0.6) is 0 Å². The van der Waals surface area contributed by atoms with Crippen molar-refractivity contribution in [3.63, 3.8) is 0 Å². The molecule has 1 unspecified atom stereocenters. The van der Waals surface area contributed by atoms with Crippen LogP contribution >= 0.6 is 0 Å². The molecule has 1 saturated heterocycles. The first-order valence-electron chi connectivity index (χ1n) is 5.95. The molecule has 1 fully saturated rings. The maximum absolute atomic E-state index is 9.39. The maximum atomic E-state index is 9.39. The van der Waals surface area contributed by atoms with E-state index in [9.17, 15) is 5.26 Å². The number of piperazine rings is 1. The first kappa shape index (κ1) is 12.0. The molecular weight excluding hydrogens is 212 g/mol. The van der Waals surface area contributed by atoms with E-state index in [1.54, 1.807) is 6.20 Å². The van der Waals surface area contributed by atoms with Crippen molar-refractivity contribution in [2.45, 2.75) is 13.0 Å². The van der Waals surface area contributed by atoms with Crippen molar-refractivity contribution < 1.29 is 0 Å². The van der Waals surface area contributed by atoms with Crippen LogP contribution in [0.2, 0.25) is 0 Å². The molecule has 0 N–H and O–H groups in total. The molecule has 0 saturated carbocycles. The first-order chi connectivity index (χ1) is 8.22. The number of nitriles is 1. The molecule has 2 rings (SSSR count). The molecule has 4 nitrogen and oxygen atoms in total. The Morgan fingerprint density at radius 2 is 2.06 bits per heavy atom. The van der Waals surface area contributed by atoms with Crippen LogP contribution in [0.3, 0.4) is 0 Å². The number of aryl methyl sites for hydroxylation is 1. The van der Waals surface area contributed by atoms with Gasteiger partial charge in [-0.15, -0.1) is 0 Å². The SMILES string of the molecule is Cc1ccncc1C(C#N)N1CCN(C)CC1. The summed E-state index contributed by atoms with van der Waals surface area (Å²) in [5.74, 6) is 0. The van der Waals surface area contributed by atoms with Gasteiger partial charge in [-0.3, -0.25) is 9.88 Å². The van der Waals surface area contributed by atoms with Crippen molar-refractivity contribution in [1.29, 1.82) is 5.26 Å². The van der Waals surface area contributed by atoms with Gasteiger partial charge in [-0.1, -0.05) is 0 Å². The zero-order chi connectivity index (χ0) is 12.3. The molecule has 90 valence electrons. The molecule has 1 atom stereocenters. The fourth-order valence-electron chi connectivity index (χ4n) is 2.19. The molecule has 17 heavy (non-hydrogen) atoms. The van der Waals surface area contributed by atoms with Crippen molar-refractivity contribution in [2.75, 3.05) is 33.2 Å². The summed E-state index contributed by atoms with van der Waals surface area (Å²) in [6.45, 7) is 5.98. The molecule has 1 aliphatic rings. The van der Waals surface area contributed by atoms with Crippen LogP contribution in [0.1, 0.15) is 17.2 Å². The van der Waals surface area contributed by atoms with Crippen LogP contribution in [-0.2, 0) is 0 Å². The Hall–Kier alpha value is -1.44. The van der Waals surface area contributed by atoms with Gasteiger partial charge in [-0.05, 0) is 25.6 Å². The summed E-state index contributed by atoms with van der Waals surface area (Å²) >= 11 is 0. The van der Waals surface area contributed by atoms with Gasteiger partial charge < -0.3 is 4.90 Å². The van der Waals surface area contributed by atoms with E-state index in [2.05, 4.69) is 27.9 Å². The lowest BCUT2D eigenvalue weighted by Crippen LogP contribution is -2.45. The van der Waals surface area contributed by atoms with Gasteiger partial charge >= 0.3 is 0 Å². The summed E-state index contributed by atoms with van der Waals surface area (Å²) in [5, 5.41) is 9.39. The van der Waals surface area contributed by atoms with Gasteiger partial charge in [0, 0.05) is 44.1 Å². The molecule has 4 heteroatoms. The molecule has 0 aromatic carbocycles. The third-order valence-electron chi connectivity index (χ3n) is 3.40. The lowest BCUT2D eigenvalue weighted by molar-refractivity contribution is 0.132. The predicted octanol–water partition coefficient (Wildman–Crippen LogP) is 1.20. The summed E-state index contributed by atoms with van der Waals surface area (Å²) in [6.07, 6.45) is 3.60. The van der Waals surface area contributed by atoms with Crippen LogP contribution in [-0.4, -0.2) is 48.0 Å². The number of pyridine rings is 1. The van der Waals surface area contributed by atoms with E-state index in [0.717, 1.165) is 37.3 Å². The summed E-state index contributed by atoms with van der Waals surface area (Å²) in [7, 11) is 2.12. The van der Waals surface area contributed by atoms with Crippen molar-refractivity contribution in [2.24, 2.45) is 0 Å². The molecule has 1 aromatic heterocycles. The Kier molecular flexibility index (Phi) is 3.72. The van der Waals surface area contributed by atoms with Crippen molar-refractivity contribution in [3.05, 3.63) is 29.6 Å². The van der Waals surface area contributed by atoms with E-state index >= 15 is 0 Å². The van der Waals surface area contributed by atoms with Crippen LogP contribution in [0.15, 0.2) is 18.5 Å². The van der Waals surface area contributed by atoms with Gasteiger partial charge in [-0.25, -0.2) is 0 Å².